The van der Waals surface area contributed by atoms with E-state index in [0.717, 1.165) is 42.5 Å². The van der Waals surface area contributed by atoms with Crippen LogP contribution in [0.25, 0.3) is 0 Å². The predicted molar refractivity (Wildman–Crippen MR) is 110 cm³/mol. The quantitative estimate of drug-likeness (QED) is 0.802. The number of para-hydroxylation sites is 2. The molecule has 0 saturated carbocycles. The lowest BCUT2D eigenvalue weighted by Gasteiger charge is -2.43. The predicted octanol–water partition coefficient (Wildman–Crippen LogP) is 3.25. The Hall–Kier alpha value is -2.35. The Morgan fingerprint density at radius 2 is 2.00 bits per heavy atom. The van der Waals surface area contributed by atoms with Gasteiger partial charge in [0.15, 0.2) is 5.16 Å². The number of rotatable bonds is 3. The number of carbonyl (C=O) groups excluding carboxylic acids is 2. The van der Waals surface area contributed by atoms with Crippen molar-refractivity contribution >= 4 is 35.0 Å². The molecule has 148 valence electrons. The van der Waals surface area contributed by atoms with Gasteiger partial charge >= 0.3 is 0 Å². The summed E-state index contributed by atoms with van der Waals surface area (Å²) in [5, 5.41) is 11.9. The number of aryl methyl sites for hydroxylation is 1. The first-order valence-electron chi connectivity index (χ1n) is 9.73. The van der Waals surface area contributed by atoms with Gasteiger partial charge in [0.1, 0.15) is 11.4 Å². The first kappa shape index (κ1) is 19.0. The van der Waals surface area contributed by atoms with Crippen LogP contribution in [-0.2, 0) is 22.6 Å². The first-order chi connectivity index (χ1) is 13.4. The van der Waals surface area contributed by atoms with Gasteiger partial charge in [0, 0.05) is 13.0 Å². The molecule has 4 rings (SSSR count). The topological polar surface area (TPSA) is 80.1 Å². The molecule has 1 N–H and O–H groups in total. The fourth-order valence-corrected chi connectivity index (χ4v) is 4.72. The van der Waals surface area contributed by atoms with Crippen molar-refractivity contribution in [1.29, 1.82) is 0 Å². The standard InChI is InChI=1S/C20H25N5O2S/c1-13(28-19-23-22-16-11-5-4-8-12-24(16)19)17(26)25-15-10-7-6-9-14(15)21-18(27)20(25,2)3/h6-7,9-10,13H,4-5,8,11-12H2,1-3H3,(H,21,27)/t13-/m0/s1. The molecule has 2 aliphatic rings. The molecule has 0 bridgehead atoms. The van der Waals surface area contributed by atoms with Gasteiger partial charge in [-0.1, -0.05) is 30.3 Å². The van der Waals surface area contributed by atoms with E-state index in [1.165, 1.54) is 18.2 Å². The van der Waals surface area contributed by atoms with E-state index in [0.29, 0.717) is 5.69 Å². The smallest absolute Gasteiger partial charge is 0.250 e. The average Bonchev–Trinajstić information content (AvgIpc) is 2.88. The number of carbonyl (C=O) groups is 2. The lowest BCUT2D eigenvalue weighted by atomic mass is 9.96. The van der Waals surface area contributed by atoms with Gasteiger partial charge < -0.3 is 9.88 Å². The highest BCUT2D eigenvalue weighted by atomic mass is 32.2. The van der Waals surface area contributed by atoms with Gasteiger partial charge in [0.25, 0.3) is 0 Å². The van der Waals surface area contributed by atoms with E-state index in [9.17, 15) is 9.59 Å². The van der Waals surface area contributed by atoms with Crippen LogP contribution in [0.4, 0.5) is 11.4 Å². The van der Waals surface area contributed by atoms with E-state index < -0.39 is 10.8 Å². The summed E-state index contributed by atoms with van der Waals surface area (Å²) in [6, 6.07) is 7.42. The highest BCUT2D eigenvalue weighted by Gasteiger charge is 2.45. The van der Waals surface area contributed by atoms with Crippen molar-refractivity contribution in [1.82, 2.24) is 14.8 Å². The van der Waals surface area contributed by atoms with E-state index >= 15 is 0 Å². The third-order valence-corrected chi connectivity index (χ3v) is 6.50. The summed E-state index contributed by atoms with van der Waals surface area (Å²) >= 11 is 1.42. The Kier molecular flexibility index (Phi) is 4.91. The second-order valence-electron chi connectivity index (χ2n) is 7.83. The molecule has 3 heterocycles. The van der Waals surface area contributed by atoms with Crippen molar-refractivity contribution in [2.24, 2.45) is 0 Å². The minimum Gasteiger partial charge on any atom is -0.322 e. The normalized spacial score (nSPS) is 19.2. The van der Waals surface area contributed by atoms with Crippen LogP contribution in [0.3, 0.4) is 0 Å². The largest absolute Gasteiger partial charge is 0.322 e. The molecule has 0 saturated heterocycles. The molecule has 7 nitrogen and oxygen atoms in total. The minimum atomic E-state index is -0.970. The molecule has 0 unspecified atom stereocenters. The summed E-state index contributed by atoms with van der Waals surface area (Å²) in [5.41, 5.74) is 0.417. The number of benzene rings is 1. The third kappa shape index (κ3) is 3.19. The van der Waals surface area contributed by atoms with E-state index in [-0.39, 0.29) is 11.8 Å². The zero-order chi connectivity index (χ0) is 19.9. The van der Waals surface area contributed by atoms with Crippen LogP contribution in [0.1, 0.15) is 45.9 Å². The first-order valence-corrected chi connectivity index (χ1v) is 10.6. The molecule has 0 fully saturated rings. The number of thioether (sulfide) groups is 1. The van der Waals surface area contributed by atoms with Crippen molar-refractivity contribution in [2.45, 2.75) is 68.9 Å². The van der Waals surface area contributed by atoms with Crippen molar-refractivity contribution in [3.63, 3.8) is 0 Å². The van der Waals surface area contributed by atoms with Gasteiger partial charge in [-0.05, 0) is 45.7 Å². The van der Waals surface area contributed by atoms with E-state index in [1.807, 2.05) is 31.2 Å². The molecule has 0 aliphatic carbocycles. The molecule has 0 radical (unpaired) electrons. The molecular formula is C20H25N5O2S. The number of hydrogen-bond acceptors (Lipinski definition) is 5. The van der Waals surface area contributed by atoms with Crippen molar-refractivity contribution in [3.8, 4) is 0 Å². The number of hydrogen-bond donors (Lipinski definition) is 1. The number of aromatic nitrogens is 3. The van der Waals surface area contributed by atoms with Crippen molar-refractivity contribution < 1.29 is 9.59 Å². The molecule has 0 spiro atoms. The number of anilines is 2. The van der Waals surface area contributed by atoms with Gasteiger partial charge in [-0.25, -0.2) is 0 Å². The van der Waals surface area contributed by atoms with Crippen LogP contribution in [0.2, 0.25) is 0 Å². The molecule has 2 amide bonds. The third-order valence-electron chi connectivity index (χ3n) is 5.43. The summed E-state index contributed by atoms with van der Waals surface area (Å²) < 4.78 is 2.14. The van der Waals surface area contributed by atoms with Crippen LogP contribution in [0.5, 0.6) is 0 Å². The summed E-state index contributed by atoms with van der Waals surface area (Å²) in [4.78, 5) is 27.7. The van der Waals surface area contributed by atoms with E-state index in [2.05, 4.69) is 20.1 Å². The average molecular weight is 400 g/mol. The Balaban J connectivity index is 1.62. The second kappa shape index (κ2) is 7.24. The molecule has 1 atom stereocenters. The van der Waals surface area contributed by atoms with Crippen LogP contribution < -0.4 is 10.2 Å². The van der Waals surface area contributed by atoms with Gasteiger partial charge in [-0.15, -0.1) is 10.2 Å². The van der Waals surface area contributed by atoms with Gasteiger partial charge in [-0.2, -0.15) is 0 Å². The Bertz CT molecular complexity index is 923. The van der Waals surface area contributed by atoms with E-state index in [4.69, 9.17) is 0 Å². The van der Waals surface area contributed by atoms with Gasteiger partial charge in [0.05, 0.1) is 16.6 Å². The van der Waals surface area contributed by atoms with Crippen LogP contribution in [0.15, 0.2) is 29.4 Å². The number of nitrogens with one attached hydrogen (secondary N) is 1. The summed E-state index contributed by atoms with van der Waals surface area (Å²) in [6.07, 6.45) is 4.36. The van der Waals surface area contributed by atoms with Crippen LogP contribution in [-0.4, -0.2) is 37.4 Å². The fourth-order valence-electron chi connectivity index (χ4n) is 3.78. The maximum absolute atomic E-state index is 13.5. The van der Waals surface area contributed by atoms with Crippen molar-refractivity contribution in [3.05, 3.63) is 30.1 Å². The summed E-state index contributed by atoms with van der Waals surface area (Å²) in [6.45, 7) is 6.32. The van der Waals surface area contributed by atoms with Crippen LogP contribution in [0, 0.1) is 0 Å². The molecular weight excluding hydrogens is 374 g/mol. The fraction of sp³-hybridized carbons (Fsp3) is 0.500. The molecule has 28 heavy (non-hydrogen) atoms. The minimum absolute atomic E-state index is 0.108. The van der Waals surface area contributed by atoms with E-state index in [1.54, 1.807) is 18.7 Å². The number of amides is 2. The van der Waals surface area contributed by atoms with Crippen molar-refractivity contribution in [2.75, 3.05) is 10.2 Å². The Morgan fingerprint density at radius 1 is 1.21 bits per heavy atom. The zero-order valence-corrected chi connectivity index (χ0v) is 17.3. The molecule has 2 aliphatic heterocycles. The second-order valence-corrected chi connectivity index (χ2v) is 9.13. The highest BCUT2D eigenvalue weighted by Crippen LogP contribution is 2.38. The molecule has 1 aromatic heterocycles. The zero-order valence-electron chi connectivity index (χ0n) is 16.4. The Labute approximate surface area is 168 Å². The molecule has 8 heteroatoms. The molecule has 1 aromatic carbocycles. The maximum Gasteiger partial charge on any atom is 0.250 e. The highest BCUT2D eigenvalue weighted by molar-refractivity contribution is 8.00. The van der Waals surface area contributed by atoms with Crippen LogP contribution >= 0.6 is 11.8 Å². The monoisotopic (exact) mass is 399 g/mol. The number of fused-ring (bicyclic) bond motifs is 2. The SMILES string of the molecule is C[C@H](Sc1nnc2n1CCCCC2)C(=O)N1c2ccccc2NC(=O)C1(C)C. The lowest BCUT2D eigenvalue weighted by molar-refractivity contribution is -0.126. The number of nitrogens with zero attached hydrogens (tertiary/aromatic N) is 4. The Morgan fingerprint density at radius 3 is 2.82 bits per heavy atom. The summed E-state index contributed by atoms with van der Waals surface area (Å²) in [5.74, 6) is 0.707. The molecule has 2 aromatic rings. The van der Waals surface area contributed by atoms with Gasteiger partial charge in [-0.3, -0.25) is 14.5 Å². The lowest BCUT2D eigenvalue weighted by Crippen LogP contribution is -2.60. The maximum atomic E-state index is 13.5. The summed E-state index contributed by atoms with van der Waals surface area (Å²) in [7, 11) is 0. The van der Waals surface area contributed by atoms with Gasteiger partial charge in [0.2, 0.25) is 11.8 Å².